The molecule has 0 saturated carbocycles. The summed E-state index contributed by atoms with van der Waals surface area (Å²) in [5.74, 6) is 0.918. The molecule has 0 aliphatic carbocycles. The SMILES string of the molecule is O=C(CCCCCCC(=O)NCc1ccccc1-c1ccc([C@H]2O[C@@H](CSc3nc(-c4ccccc4)c(-c4ccccc4)o3)C[C@@H](c3ccc(CO)cc3)O2)cc1)NO. The highest BCUT2D eigenvalue weighted by molar-refractivity contribution is 7.99. The van der Waals surface area contributed by atoms with Gasteiger partial charge in [0.15, 0.2) is 12.1 Å². The van der Waals surface area contributed by atoms with E-state index >= 15 is 0 Å². The smallest absolute Gasteiger partial charge is 0.256 e. The number of thioether (sulfide) groups is 1. The van der Waals surface area contributed by atoms with Crippen LogP contribution in [0, 0.1) is 0 Å². The number of ether oxygens (including phenoxy) is 2. The van der Waals surface area contributed by atoms with Gasteiger partial charge in [0.25, 0.3) is 5.22 Å². The number of oxazole rings is 1. The van der Waals surface area contributed by atoms with Crippen LogP contribution < -0.4 is 10.8 Å². The van der Waals surface area contributed by atoms with E-state index in [2.05, 4.69) is 23.5 Å². The van der Waals surface area contributed by atoms with E-state index in [9.17, 15) is 14.7 Å². The fourth-order valence-corrected chi connectivity index (χ4v) is 8.01. The first kappa shape index (κ1) is 41.6. The minimum Gasteiger partial charge on any atom is -0.431 e. The number of carbonyl (C=O) groups is 2. The molecule has 0 radical (unpaired) electrons. The molecule has 304 valence electrons. The number of aliphatic hydroxyl groups excluding tert-OH is 1. The Labute approximate surface area is 349 Å². The van der Waals surface area contributed by atoms with Gasteiger partial charge in [-0.2, -0.15) is 0 Å². The first-order valence-electron chi connectivity index (χ1n) is 20.1. The molecule has 5 aromatic carbocycles. The number of aromatic nitrogens is 1. The van der Waals surface area contributed by atoms with Crippen LogP contribution >= 0.6 is 11.8 Å². The Kier molecular flexibility index (Phi) is 14.7. The Morgan fingerprint density at radius 1 is 0.695 bits per heavy atom. The number of unbranched alkanes of at least 4 members (excludes halogenated alkanes) is 3. The maximum Gasteiger partial charge on any atom is 0.256 e. The van der Waals surface area contributed by atoms with Crippen molar-refractivity contribution in [3.05, 3.63) is 156 Å². The summed E-state index contributed by atoms with van der Waals surface area (Å²) in [6.07, 6.45) is 3.33. The van der Waals surface area contributed by atoms with Gasteiger partial charge < -0.3 is 24.3 Å². The number of hydroxylamine groups is 1. The summed E-state index contributed by atoms with van der Waals surface area (Å²) in [5, 5.41) is 21.9. The highest BCUT2D eigenvalue weighted by Gasteiger charge is 2.33. The van der Waals surface area contributed by atoms with E-state index in [4.69, 9.17) is 24.1 Å². The van der Waals surface area contributed by atoms with Crippen molar-refractivity contribution in [2.24, 2.45) is 0 Å². The quantitative estimate of drug-likeness (QED) is 0.0289. The molecule has 6 aromatic rings. The Balaban J connectivity index is 1.03. The first-order valence-corrected chi connectivity index (χ1v) is 21.1. The minimum absolute atomic E-state index is 0.0146. The van der Waals surface area contributed by atoms with Crippen LogP contribution in [0.5, 0.6) is 0 Å². The molecule has 0 bridgehead atoms. The second-order valence-electron chi connectivity index (χ2n) is 14.6. The van der Waals surface area contributed by atoms with E-state index < -0.39 is 6.29 Å². The highest BCUT2D eigenvalue weighted by atomic mass is 32.2. The zero-order chi connectivity index (χ0) is 40.8. The van der Waals surface area contributed by atoms with Crippen LogP contribution in [0.25, 0.3) is 33.7 Å². The second-order valence-corrected chi connectivity index (χ2v) is 15.5. The highest BCUT2D eigenvalue weighted by Crippen LogP contribution is 2.41. The fraction of sp³-hybridized carbons (Fsp3) is 0.271. The predicted octanol–water partition coefficient (Wildman–Crippen LogP) is 9.97. The molecule has 3 atom stereocenters. The number of hydrogen-bond donors (Lipinski definition) is 4. The maximum absolute atomic E-state index is 12.7. The van der Waals surface area contributed by atoms with Crippen LogP contribution in [0.2, 0.25) is 0 Å². The summed E-state index contributed by atoms with van der Waals surface area (Å²) in [5.41, 5.74) is 10.2. The van der Waals surface area contributed by atoms with E-state index in [0.29, 0.717) is 36.8 Å². The van der Waals surface area contributed by atoms with Gasteiger partial charge in [0, 0.05) is 48.3 Å². The second kappa shape index (κ2) is 20.9. The van der Waals surface area contributed by atoms with Crippen molar-refractivity contribution in [1.29, 1.82) is 0 Å². The first-order chi connectivity index (χ1) is 29.0. The lowest BCUT2D eigenvalue weighted by molar-refractivity contribution is -0.245. The third-order valence-corrected chi connectivity index (χ3v) is 11.3. The predicted molar refractivity (Wildman–Crippen MR) is 228 cm³/mol. The Morgan fingerprint density at radius 2 is 1.34 bits per heavy atom. The number of benzene rings is 5. The molecular formula is C48H49N3O7S. The van der Waals surface area contributed by atoms with Gasteiger partial charge in [0.1, 0.15) is 5.69 Å². The minimum atomic E-state index is -0.628. The van der Waals surface area contributed by atoms with Crippen molar-refractivity contribution in [3.63, 3.8) is 0 Å². The standard InChI is InChI=1S/C48H49N3O7S/c52-31-33-21-23-35(24-22-33)42-29-40(32-59-48-50-45(36-13-5-3-6-14-36)46(58-48)37-15-7-4-8-16-37)56-47(57-42)38-27-25-34(26-28-38)41-18-12-11-17-39(41)30-49-43(53)19-9-1-2-10-20-44(54)51-55/h3-8,11-18,21-28,40,42,47,52,55H,1-2,9-10,19-20,29-32H2,(H,49,53)(H,51,54)/t40-,42+,47+/m1/s1. The van der Waals surface area contributed by atoms with Gasteiger partial charge in [0.05, 0.1) is 18.8 Å². The topological polar surface area (TPSA) is 143 Å². The zero-order valence-corrected chi connectivity index (χ0v) is 33.6. The molecule has 59 heavy (non-hydrogen) atoms. The molecule has 0 spiro atoms. The van der Waals surface area contributed by atoms with Crippen LogP contribution in [0.1, 0.15) is 79.6 Å². The molecule has 0 unspecified atom stereocenters. The van der Waals surface area contributed by atoms with Crippen LogP contribution in [0.4, 0.5) is 0 Å². The lowest BCUT2D eigenvalue weighted by atomic mass is 9.97. The van der Waals surface area contributed by atoms with E-state index in [-0.39, 0.29) is 37.0 Å². The number of hydrogen-bond acceptors (Lipinski definition) is 9. The summed E-state index contributed by atoms with van der Waals surface area (Å²) in [6.45, 7) is 0.379. The lowest BCUT2D eigenvalue weighted by Gasteiger charge is -2.36. The molecule has 2 heterocycles. The molecule has 1 aromatic heterocycles. The Hall–Kier alpha value is -5.56. The average molecular weight is 812 g/mol. The van der Waals surface area contributed by atoms with Gasteiger partial charge in [-0.1, -0.05) is 158 Å². The monoisotopic (exact) mass is 811 g/mol. The van der Waals surface area contributed by atoms with Crippen molar-refractivity contribution in [3.8, 4) is 33.7 Å². The van der Waals surface area contributed by atoms with E-state index in [0.717, 1.165) is 75.2 Å². The molecule has 2 amide bonds. The van der Waals surface area contributed by atoms with Crippen molar-refractivity contribution in [1.82, 2.24) is 15.8 Å². The van der Waals surface area contributed by atoms with Crippen molar-refractivity contribution in [2.45, 2.75) is 81.8 Å². The molecule has 10 nitrogen and oxygen atoms in total. The van der Waals surface area contributed by atoms with Crippen molar-refractivity contribution in [2.75, 3.05) is 5.75 Å². The van der Waals surface area contributed by atoms with Gasteiger partial charge in [-0.3, -0.25) is 14.8 Å². The number of aliphatic hydroxyl groups is 1. The molecule has 1 aliphatic heterocycles. The maximum atomic E-state index is 12.7. The van der Waals surface area contributed by atoms with Gasteiger partial charge >= 0.3 is 0 Å². The summed E-state index contributed by atoms with van der Waals surface area (Å²) in [7, 11) is 0. The number of carbonyl (C=O) groups excluding carboxylic acids is 2. The summed E-state index contributed by atoms with van der Waals surface area (Å²) in [4.78, 5) is 28.8. The van der Waals surface area contributed by atoms with Crippen LogP contribution in [-0.4, -0.2) is 39.0 Å². The summed E-state index contributed by atoms with van der Waals surface area (Å²) < 4.78 is 19.8. The van der Waals surface area contributed by atoms with E-state index in [1.54, 1.807) is 5.48 Å². The fourth-order valence-electron chi connectivity index (χ4n) is 7.16. The normalized spacial score (nSPS) is 16.4. The third kappa shape index (κ3) is 11.3. The Bertz CT molecular complexity index is 2190. The van der Waals surface area contributed by atoms with Crippen LogP contribution in [0.3, 0.4) is 0 Å². The number of rotatable bonds is 18. The van der Waals surface area contributed by atoms with Crippen LogP contribution in [0.15, 0.2) is 143 Å². The molecular weight excluding hydrogens is 763 g/mol. The molecule has 4 N–H and O–H groups in total. The van der Waals surface area contributed by atoms with Gasteiger partial charge in [-0.05, 0) is 40.7 Å². The number of amides is 2. The summed E-state index contributed by atoms with van der Waals surface area (Å²) in [6, 6.07) is 44.2. The zero-order valence-electron chi connectivity index (χ0n) is 32.8. The third-order valence-electron chi connectivity index (χ3n) is 10.4. The number of nitrogens with zero attached hydrogens (tertiary/aromatic N) is 1. The van der Waals surface area contributed by atoms with Gasteiger partial charge in [0.2, 0.25) is 11.8 Å². The van der Waals surface area contributed by atoms with Gasteiger partial charge in [-0.15, -0.1) is 0 Å². The lowest BCUT2D eigenvalue weighted by Crippen LogP contribution is -2.31. The summed E-state index contributed by atoms with van der Waals surface area (Å²) >= 11 is 1.53. The van der Waals surface area contributed by atoms with E-state index in [1.165, 1.54) is 11.8 Å². The molecule has 1 saturated heterocycles. The van der Waals surface area contributed by atoms with E-state index in [1.807, 2.05) is 115 Å². The van der Waals surface area contributed by atoms with Crippen molar-refractivity contribution < 1.29 is 33.8 Å². The molecule has 1 fully saturated rings. The van der Waals surface area contributed by atoms with Crippen molar-refractivity contribution >= 4 is 23.6 Å². The van der Waals surface area contributed by atoms with Gasteiger partial charge in [-0.25, -0.2) is 10.5 Å². The molecule has 1 aliphatic rings. The number of nitrogens with one attached hydrogen (secondary N) is 2. The molecule has 11 heteroatoms. The van der Waals surface area contributed by atoms with Crippen LogP contribution in [-0.2, 0) is 32.2 Å². The molecule has 7 rings (SSSR count). The largest absolute Gasteiger partial charge is 0.431 e. The average Bonchev–Trinajstić information content (AvgIpc) is 3.74. The Morgan fingerprint density at radius 3 is 2.03 bits per heavy atom.